The summed E-state index contributed by atoms with van der Waals surface area (Å²) < 4.78 is 11.3. The van der Waals surface area contributed by atoms with Crippen molar-refractivity contribution in [3.05, 3.63) is 0 Å². The van der Waals surface area contributed by atoms with Gasteiger partial charge in [0.05, 0.1) is 11.6 Å². The minimum atomic E-state index is 0.111. The van der Waals surface area contributed by atoms with E-state index in [1.807, 2.05) is 25.9 Å². The summed E-state index contributed by atoms with van der Waals surface area (Å²) in [4.78, 5) is 16.8. The zero-order valence-corrected chi connectivity index (χ0v) is 14.2. The highest BCUT2D eigenvalue weighted by molar-refractivity contribution is 5.78. The summed E-state index contributed by atoms with van der Waals surface area (Å²) in [5.74, 6) is 0.415. The average Bonchev–Trinajstić information content (AvgIpc) is 2.55. The van der Waals surface area contributed by atoms with Crippen molar-refractivity contribution in [3.8, 4) is 0 Å². The van der Waals surface area contributed by atoms with Gasteiger partial charge in [0, 0.05) is 51.9 Å². The molecule has 1 spiro atoms. The third-order valence-electron chi connectivity index (χ3n) is 5.89. The summed E-state index contributed by atoms with van der Waals surface area (Å²) in [5.41, 5.74) is 0.196. The van der Waals surface area contributed by atoms with E-state index < -0.39 is 0 Å². The van der Waals surface area contributed by atoms with Gasteiger partial charge in [-0.1, -0.05) is 13.8 Å². The van der Waals surface area contributed by atoms with E-state index in [0.717, 1.165) is 58.5 Å². The Kier molecular flexibility index (Phi) is 4.76. The first kappa shape index (κ1) is 16.2. The molecule has 5 heteroatoms. The van der Waals surface area contributed by atoms with Crippen LogP contribution in [0.5, 0.6) is 0 Å². The van der Waals surface area contributed by atoms with Gasteiger partial charge in [-0.2, -0.15) is 0 Å². The summed E-state index contributed by atoms with van der Waals surface area (Å²) >= 11 is 0. The molecule has 0 aromatic rings. The number of carbonyl (C=O) groups is 1. The second kappa shape index (κ2) is 6.46. The fraction of sp³-hybridized carbons (Fsp3) is 0.941. The van der Waals surface area contributed by atoms with Crippen LogP contribution in [-0.2, 0) is 14.3 Å². The lowest BCUT2D eigenvalue weighted by Crippen LogP contribution is -2.75. The lowest BCUT2D eigenvalue weighted by atomic mass is 9.73. The van der Waals surface area contributed by atoms with Crippen molar-refractivity contribution in [2.45, 2.75) is 57.2 Å². The van der Waals surface area contributed by atoms with E-state index in [2.05, 4.69) is 4.90 Å². The molecule has 0 saturated carbocycles. The maximum atomic E-state index is 12.1. The number of likely N-dealkylation sites (tertiary alicyclic amines) is 2. The number of piperidine rings is 1. The molecule has 126 valence electrons. The van der Waals surface area contributed by atoms with E-state index in [0.29, 0.717) is 18.1 Å². The Hall–Kier alpha value is -0.650. The molecular weight excluding hydrogens is 280 g/mol. The van der Waals surface area contributed by atoms with E-state index in [4.69, 9.17) is 9.47 Å². The predicted octanol–water partition coefficient (Wildman–Crippen LogP) is 1.51. The fourth-order valence-electron chi connectivity index (χ4n) is 4.51. The average molecular weight is 310 g/mol. The topological polar surface area (TPSA) is 42.0 Å². The standard InChI is InChI=1S/C17H30N2O3/c1-13(2)16(20)18-8-4-14(5-9-18)19-12-15(21-3)17(19)6-10-22-11-7-17/h13-15H,4-12H2,1-3H3. The number of nitrogens with zero attached hydrogens (tertiary/aromatic N) is 2. The van der Waals surface area contributed by atoms with Crippen LogP contribution in [0.25, 0.3) is 0 Å². The zero-order chi connectivity index (χ0) is 15.7. The van der Waals surface area contributed by atoms with Gasteiger partial charge in [0.25, 0.3) is 0 Å². The molecule has 0 radical (unpaired) electrons. The third-order valence-corrected chi connectivity index (χ3v) is 5.89. The van der Waals surface area contributed by atoms with Crippen LogP contribution in [0.1, 0.15) is 39.5 Å². The SMILES string of the molecule is COC1CN(C2CCN(C(=O)C(C)C)CC2)C12CCOCC2. The Labute approximate surface area is 133 Å². The fourth-order valence-corrected chi connectivity index (χ4v) is 4.51. The predicted molar refractivity (Wildman–Crippen MR) is 84.7 cm³/mol. The summed E-state index contributed by atoms with van der Waals surface area (Å²) in [7, 11) is 1.84. The van der Waals surface area contributed by atoms with Crippen molar-refractivity contribution in [1.29, 1.82) is 0 Å². The van der Waals surface area contributed by atoms with Gasteiger partial charge in [0.1, 0.15) is 0 Å². The van der Waals surface area contributed by atoms with Crippen LogP contribution >= 0.6 is 0 Å². The lowest BCUT2D eigenvalue weighted by molar-refractivity contribution is -0.208. The maximum Gasteiger partial charge on any atom is 0.225 e. The first-order valence-corrected chi connectivity index (χ1v) is 8.74. The molecule has 3 saturated heterocycles. The van der Waals surface area contributed by atoms with Crippen molar-refractivity contribution < 1.29 is 14.3 Å². The smallest absolute Gasteiger partial charge is 0.225 e. The Morgan fingerprint density at radius 2 is 1.86 bits per heavy atom. The monoisotopic (exact) mass is 310 g/mol. The number of carbonyl (C=O) groups excluding carboxylic acids is 1. The number of rotatable bonds is 3. The van der Waals surface area contributed by atoms with Crippen LogP contribution in [0.4, 0.5) is 0 Å². The van der Waals surface area contributed by atoms with Gasteiger partial charge in [-0.15, -0.1) is 0 Å². The van der Waals surface area contributed by atoms with Gasteiger partial charge >= 0.3 is 0 Å². The summed E-state index contributed by atoms with van der Waals surface area (Å²) in [6.07, 6.45) is 4.70. The maximum absolute atomic E-state index is 12.1. The Bertz CT molecular complexity index is 399. The van der Waals surface area contributed by atoms with Crippen molar-refractivity contribution in [3.63, 3.8) is 0 Å². The molecule has 1 unspecified atom stereocenters. The summed E-state index contributed by atoms with van der Waals surface area (Å²) in [5, 5.41) is 0. The molecule has 5 nitrogen and oxygen atoms in total. The number of ether oxygens (including phenoxy) is 2. The molecule has 0 aliphatic carbocycles. The number of methoxy groups -OCH3 is 1. The molecule has 1 atom stereocenters. The molecule has 0 N–H and O–H groups in total. The van der Waals surface area contributed by atoms with Gasteiger partial charge < -0.3 is 14.4 Å². The van der Waals surface area contributed by atoms with Gasteiger partial charge in [-0.3, -0.25) is 9.69 Å². The molecule has 3 fully saturated rings. The molecule has 3 aliphatic rings. The van der Waals surface area contributed by atoms with Crippen LogP contribution in [0.3, 0.4) is 0 Å². The van der Waals surface area contributed by atoms with Crippen LogP contribution in [0, 0.1) is 5.92 Å². The van der Waals surface area contributed by atoms with Crippen LogP contribution in [0.15, 0.2) is 0 Å². The molecule has 0 aromatic carbocycles. The van der Waals surface area contributed by atoms with Crippen molar-refractivity contribution in [2.75, 3.05) is 40.0 Å². The first-order valence-electron chi connectivity index (χ1n) is 8.74. The Morgan fingerprint density at radius 3 is 2.41 bits per heavy atom. The molecule has 3 rings (SSSR count). The second-order valence-corrected chi connectivity index (χ2v) is 7.30. The highest BCUT2D eigenvalue weighted by Gasteiger charge is 2.56. The minimum Gasteiger partial charge on any atom is -0.381 e. The highest BCUT2D eigenvalue weighted by Crippen LogP contribution is 2.44. The normalized spacial score (nSPS) is 29.8. The summed E-state index contributed by atoms with van der Waals surface area (Å²) in [6, 6.07) is 0.598. The van der Waals surface area contributed by atoms with Crippen LogP contribution in [-0.4, -0.2) is 73.3 Å². The van der Waals surface area contributed by atoms with Crippen molar-refractivity contribution in [2.24, 2.45) is 5.92 Å². The van der Waals surface area contributed by atoms with E-state index in [9.17, 15) is 4.79 Å². The third kappa shape index (κ3) is 2.68. The second-order valence-electron chi connectivity index (χ2n) is 7.30. The quantitative estimate of drug-likeness (QED) is 0.792. The number of hydrogen-bond donors (Lipinski definition) is 0. The van der Waals surface area contributed by atoms with Gasteiger partial charge in [0.15, 0.2) is 0 Å². The van der Waals surface area contributed by atoms with Crippen LogP contribution in [0.2, 0.25) is 0 Å². The van der Waals surface area contributed by atoms with E-state index in [1.54, 1.807) is 0 Å². The molecule has 22 heavy (non-hydrogen) atoms. The van der Waals surface area contributed by atoms with E-state index in [1.165, 1.54) is 0 Å². The molecule has 0 bridgehead atoms. The number of hydrogen-bond acceptors (Lipinski definition) is 4. The first-order chi connectivity index (χ1) is 10.6. The molecule has 3 heterocycles. The van der Waals surface area contributed by atoms with E-state index in [-0.39, 0.29) is 11.5 Å². The largest absolute Gasteiger partial charge is 0.381 e. The van der Waals surface area contributed by atoms with Gasteiger partial charge in [-0.25, -0.2) is 0 Å². The molecule has 3 aliphatic heterocycles. The van der Waals surface area contributed by atoms with Crippen LogP contribution < -0.4 is 0 Å². The minimum absolute atomic E-state index is 0.111. The molecule has 1 amide bonds. The number of amides is 1. The Morgan fingerprint density at radius 1 is 1.23 bits per heavy atom. The Balaban J connectivity index is 1.60. The highest BCUT2D eigenvalue weighted by atomic mass is 16.5. The van der Waals surface area contributed by atoms with Gasteiger partial charge in [-0.05, 0) is 25.7 Å². The van der Waals surface area contributed by atoms with Gasteiger partial charge in [0.2, 0.25) is 5.91 Å². The molecule has 0 aromatic heterocycles. The van der Waals surface area contributed by atoms with Crippen molar-refractivity contribution in [1.82, 2.24) is 9.80 Å². The lowest BCUT2D eigenvalue weighted by Gasteiger charge is -2.63. The zero-order valence-electron chi connectivity index (χ0n) is 14.2. The van der Waals surface area contributed by atoms with Crippen molar-refractivity contribution >= 4 is 5.91 Å². The molecular formula is C17H30N2O3. The van der Waals surface area contributed by atoms with E-state index >= 15 is 0 Å². The summed E-state index contributed by atoms with van der Waals surface area (Å²) in [6.45, 7) is 8.53.